The average molecular weight is 287 g/mol. The molecule has 0 radical (unpaired) electrons. The predicted octanol–water partition coefficient (Wildman–Crippen LogP) is 2.80. The standard InChI is InChI=1S/C16H17NO4/c1-2-20-14-5-3-4-13(16(18)19)15(14)21-11-8-12-6-9-17-10-7-12/h3-7,9-10H,2,8,11H2,1H3,(H,18,19). The van der Waals surface area contributed by atoms with Crippen molar-refractivity contribution in [1.82, 2.24) is 4.98 Å². The van der Waals surface area contributed by atoms with Crippen molar-refractivity contribution in [2.24, 2.45) is 0 Å². The van der Waals surface area contributed by atoms with Gasteiger partial charge < -0.3 is 14.6 Å². The Kier molecular flexibility index (Phi) is 5.15. The number of hydrogen-bond acceptors (Lipinski definition) is 4. The van der Waals surface area contributed by atoms with Crippen LogP contribution in [0.15, 0.2) is 42.7 Å². The molecule has 5 nitrogen and oxygen atoms in total. The minimum absolute atomic E-state index is 0.107. The first kappa shape index (κ1) is 14.8. The molecule has 21 heavy (non-hydrogen) atoms. The number of para-hydroxylation sites is 1. The molecule has 5 heteroatoms. The quantitative estimate of drug-likeness (QED) is 0.848. The van der Waals surface area contributed by atoms with Crippen LogP contribution in [0.25, 0.3) is 0 Å². The van der Waals surface area contributed by atoms with Gasteiger partial charge in [-0.25, -0.2) is 4.79 Å². The van der Waals surface area contributed by atoms with E-state index >= 15 is 0 Å². The predicted molar refractivity (Wildman–Crippen MR) is 78.0 cm³/mol. The lowest BCUT2D eigenvalue weighted by atomic mass is 10.2. The van der Waals surface area contributed by atoms with Gasteiger partial charge in [-0.1, -0.05) is 6.07 Å². The van der Waals surface area contributed by atoms with Gasteiger partial charge in [-0.05, 0) is 36.8 Å². The van der Waals surface area contributed by atoms with E-state index in [4.69, 9.17) is 9.47 Å². The Morgan fingerprint density at radius 2 is 1.95 bits per heavy atom. The summed E-state index contributed by atoms with van der Waals surface area (Å²) in [5.74, 6) is -0.302. The van der Waals surface area contributed by atoms with Gasteiger partial charge in [-0.15, -0.1) is 0 Å². The SMILES string of the molecule is CCOc1cccc(C(=O)O)c1OCCc1ccncc1. The second-order valence-electron chi connectivity index (χ2n) is 4.32. The molecule has 0 saturated heterocycles. The van der Waals surface area contributed by atoms with Crippen LogP contribution >= 0.6 is 0 Å². The fourth-order valence-corrected chi connectivity index (χ4v) is 1.92. The minimum atomic E-state index is -1.03. The van der Waals surface area contributed by atoms with Gasteiger partial charge in [0, 0.05) is 18.8 Å². The highest BCUT2D eigenvalue weighted by atomic mass is 16.5. The van der Waals surface area contributed by atoms with Crippen molar-refractivity contribution in [3.05, 3.63) is 53.9 Å². The van der Waals surface area contributed by atoms with E-state index in [1.165, 1.54) is 6.07 Å². The van der Waals surface area contributed by atoms with Crippen LogP contribution in [0.2, 0.25) is 0 Å². The molecule has 0 aliphatic carbocycles. The Morgan fingerprint density at radius 3 is 2.62 bits per heavy atom. The third-order valence-electron chi connectivity index (χ3n) is 2.90. The molecule has 0 fully saturated rings. The van der Waals surface area contributed by atoms with Gasteiger partial charge in [0.2, 0.25) is 0 Å². The highest BCUT2D eigenvalue weighted by molar-refractivity contribution is 5.92. The number of hydrogen-bond donors (Lipinski definition) is 1. The zero-order chi connectivity index (χ0) is 15.1. The summed E-state index contributed by atoms with van der Waals surface area (Å²) in [6.07, 6.45) is 4.10. The Morgan fingerprint density at radius 1 is 1.19 bits per heavy atom. The monoisotopic (exact) mass is 287 g/mol. The van der Waals surface area contributed by atoms with E-state index in [2.05, 4.69) is 4.98 Å². The normalized spacial score (nSPS) is 10.1. The summed E-state index contributed by atoms with van der Waals surface area (Å²) < 4.78 is 11.1. The molecule has 0 bridgehead atoms. The summed E-state index contributed by atoms with van der Waals surface area (Å²) in [5.41, 5.74) is 1.19. The molecule has 0 aliphatic heterocycles. The lowest BCUT2D eigenvalue weighted by Crippen LogP contribution is -2.08. The van der Waals surface area contributed by atoms with Crippen LogP contribution in [-0.2, 0) is 6.42 Å². The summed E-state index contributed by atoms with van der Waals surface area (Å²) in [6, 6.07) is 8.65. The fraction of sp³-hybridized carbons (Fsp3) is 0.250. The summed E-state index contributed by atoms with van der Waals surface area (Å²) in [7, 11) is 0. The highest BCUT2D eigenvalue weighted by Gasteiger charge is 2.16. The van der Waals surface area contributed by atoms with Crippen LogP contribution in [-0.4, -0.2) is 29.3 Å². The van der Waals surface area contributed by atoms with Crippen molar-refractivity contribution in [3.63, 3.8) is 0 Å². The van der Waals surface area contributed by atoms with Crippen LogP contribution in [0.1, 0.15) is 22.8 Å². The molecule has 2 rings (SSSR count). The Hall–Kier alpha value is -2.56. The largest absolute Gasteiger partial charge is 0.490 e. The van der Waals surface area contributed by atoms with Crippen molar-refractivity contribution < 1.29 is 19.4 Å². The lowest BCUT2D eigenvalue weighted by molar-refractivity contribution is 0.0691. The van der Waals surface area contributed by atoms with Crippen LogP contribution < -0.4 is 9.47 Å². The highest BCUT2D eigenvalue weighted by Crippen LogP contribution is 2.31. The van der Waals surface area contributed by atoms with Crippen molar-refractivity contribution >= 4 is 5.97 Å². The number of carbonyl (C=O) groups is 1. The third kappa shape index (κ3) is 3.95. The second kappa shape index (κ2) is 7.28. The molecule has 0 atom stereocenters. The van der Waals surface area contributed by atoms with Crippen LogP contribution in [0.4, 0.5) is 0 Å². The number of benzene rings is 1. The fourth-order valence-electron chi connectivity index (χ4n) is 1.92. The number of aromatic carboxylic acids is 1. The molecule has 1 aromatic carbocycles. The molecule has 0 amide bonds. The molecule has 1 N–H and O–H groups in total. The number of rotatable bonds is 7. The zero-order valence-electron chi connectivity index (χ0n) is 11.8. The van der Waals surface area contributed by atoms with Crippen molar-refractivity contribution in [2.45, 2.75) is 13.3 Å². The minimum Gasteiger partial charge on any atom is -0.490 e. The maximum absolute atomic E-state index is 11.3. The number of pyridine rings is 1. The van der Waals surface area contributed by atoms with Gasteiger partial charge in [0.25, 0.3) is 0 Å². The molecular formula is C16H17NO4. The topological polar surface area (TPSA) is 68.7 Å². The Bertz CT molecular complexity index is 598. The van der Waals surface area contributed by atoms with E-state index in [9.17, 15) is 9.90 Å². The summed E-state index contributed by atoms with van der Waals surface area (Å²) in [6.45, 7) is 2.66. The van der Waals surface area contributed by atoms with Gasteiger partial charge in [0.15, 0.2) is 11.5 Å². The lowest BCUT2D eigenvalue weighted by Gasteiger charge is -2.14. The Balaban J connectivity index is 2.11. The maximum Gasteiger partial charge on any atom is 0.339 e. The summed E-state index contributed by atoms with van der Waals surface area (Å²) in [5, 5.41) is 9.23. The second-order valence-corrected chi connectivity index (χ2v) is 4.32. The molecule has 0 aliphatic rings. The van der Waals surface area contributed by atoms with Gasteiger partial charge in [0.05, 0.1) is 13.2 Å². The number of nitrogens with zero attached hydrogens (tertiary/aromatic N) is 1. The number of ether oxygens (including phenoxy) is 2. The summed E-state index contributed by atoms with van der Waals surface area (Å²) in [4.78, 5) is 15.2. The van der Waals surface area contributed by atoms with Crippen molar-refractivity contribution in [1.29, 1.82) is 0 Å². The van der Waals surface area contributed by atoms with Gasteiger partial charge in [-0.3, -0.25) is 4.98 Å². The van der Waals surface area contributed by atoms with E-state index in [0.717, 1.165) is 5.56 Å². The van der Waals surface area contributed by atoms with Gasteiger partial charge in [0.1, 0.15) is 5.56 Å². The van der Waals surface area contributed by atoms with Crippen LogP contribution in [0.5, 0.6) is 11.5 Å². The van der Waals surface area contributed by atoms with E-state index in [1.54, 1.807) is 24.5 Å². The van der Waals surface area contributed by atoms with Gasteiger partial charge >= 0.3 is 5.97 Å². The first-order valence-corrected chi connectivity index (χ1v) is 6.73. The molecule has 0 unspecified atom stereocenters. The molecule has 0 spiro atoms. The maximum atomic E-state index is 11.3. The smallest absolute Gasteiger partial charge is 0.339 e. The molecule has 1 aromatic heterocycles. The van der Waals surface area contributed by atoms with E-state index in [1.807, 2.05) is 19.1 Å². The average Bonchev–Trinajstić information content (AvgIpc) is 2.49. The third-order valence-corrected chi connectivity index (χ3v) is 2.90. The molecule has 1 heterocycles. The summed E-state index contributed by atoms with van der Waals surface area (Å²) >= 11 is 0. The van der Waals surface area contributed by atoms with Gasteiger partial charge in [-0.2, -0.15) is 0 Å². The van der Waals surface area contributed by atoms with E-state index < -0.39 is 5.97 Å². The van der Waals surface area contributed by atoms with Crippen molar-refractivity contribution in [2.75, 3.05) is 13.2 Å². The molecule has 110 valence electrons. The van der Waals surface area contributed by atoms with Crippen LogP contribution in [0.3, 0.4) is 0 Å². The van der Waals surface area contributed by atoms with Crippen LogP contribution in [0, 0.1) is 0 Å². The number of carboxylic acid groups (broad SMARTS) is 1. The Labute approximate surface area is 123 Å². The van der Waals surface area contributed by atoms with E-state index in [0.29, 0.717) is 25.4 Å². The number of aromatic nitrogens is 1. The first-order valence-electron chi connectivity index (χ1n) is 6.73. The molecule has 0 saturated carbocycles. The molecular weight excluding hydrogens is 270 g/mol. The molecule has 2 aromatic rings. The van der Waals surface area contributed by atoms with E-state index in [-0.39, 0.29) is 11.3 Å². The zero-order valence-corrected chi connectivity index (χ0v) is 11.8. The van der Waals surface area contributed by atoms with Crippen molar-refractivity contribution in [3.8, 4) is 11.5 Å². The first-order chi connectivity index (χ1) is 10.2. The number of carboxylic acids is 1.